The number of nitrogens with zero attached hydrogens (tertiary/aromatic N) is 2. The van der Waals surface area contributed by atoms with Crippen LogP contribution in [0.25, 0.3) is 11.4 Å². The Kier molecular flexibility index (Phi) is 4.83. The fourth-order valence-electron chi connectivity index (χ4n) is 2.85. The number of alkyl carbamates (subject to hydrolysis) is 1. The maximum atomic E-state index is 11.9. The quantitative estimate of drug-likeness (QED) is 0.905. The molecule has 0 aliphatic heterocycles. The maximum absolute atomic E-state index is 11.9. The first kappa shape index (κ1) is 16.5. The van der Waals surface area contributed by atoms with Crippen molar-refractivity contribution in [3.8, 4) is 11.4 Å². The van der Waals surface area contributed by atoms with E-state index < -0.39 is 0 Å². The van der Waals surface area contributed by atoms with Gasteiger partial charge < -0.3 is 14.6 Å². The van der Waals surface area contributed by atoms with Crippen LogP contribution in [0.5, 0.6) is 0 Å². The predicted octanol–water partition coefficient (Wildman–Crippen LogP) is 3.67. The lowest BCUT2D eigenvalue weighted by atomic mass is 10.0. The molecule has 0 radical (unpaired) electrons. The van der Waals surface area contributed by atoms with Crippen LogP contribution in [0.4, 0.5) is 4.79 Å². The van der Waals surface area contributed by atoms with Gasteiger partial charge in [0.2, 0.25) is 11.7 Å². The van der Waals surface area contributed by atoms with Crippen LogP contribution in [-0.2, 0) is 17.6 Å². The molecule has 0 spiro atoms. The van der Waals surface area contributed by atoms with Gasteiger partial charge in [-0.15, -0.1) is 0 Å². The predicted molar refractivity (Wildman–Crippen MR) is 89.5 cm³/mol. The first-order valence-corrected chi connectivity index (χ1v) is 8.46. The van der Waals surface area contributed by atoms with Gasteiger partial charge in [-0.2, -0.15) is 4.98 Å². The molecule has 6 heteroatoms. The van der Waals surface area contributed by atoms with Gasteiger partial charge in [-0.1, -0.05) is 38.1 Å². The molecule has 1 aliphatic rings. The summed E-state index contributed by atoms with van der Waals surface area (Å²) in [6.45, 7) is 6.44. The zero-order valence-electron chi connectivity index (χ0n) is 14.3. The highest BCUT2D eigenvalue weighted by molar-refractivity contribution is 5.68. The Morgan fingerprint density at radius 2 is 2.29 bits per heavy atom. The number of aryl methyl sites for hydroxylation is 2. The van der Waals surface area contributed by atoms with E-state index in [9.17, 15) is 4.79 Å². The summed E-state index contributed by atoms with van der Waals surface area (Å²) in [6.07, 6.45) is 2.16. The average Bonchev–Trinajstić information content (AvgIpc) is 3.19. The first-order chi connectivity index (χ1) is 11.6. The normalized spacial score (nSPS) is 16.2. The van der Waals surface area contributed by atoms with E-state index in [0.29, 0.717) is 24.2 Å². The number of benzene rings is 1. The van der Waals surface area contributed by atoms with Crippen molar-refractivity contribution in [2.75, 3.05) is 6.61 Å². The Bertz CT molecular complexity index is 724. The van der Waals surface area contributed by atoms with Crippen LogP contribution in [-0.4, -0.2) is 22.8 Å². The van der Waals surface area contributed by atoms with Crippen molar-refractivity contribution >= 4 is 6.09 Å². The number of fused-ring (bicyclic) bond motifs is 1. The molecule has 128 valence electrons. The van der Waals surface area contributed by atoms with Crippen molar-refractivity contribution < 1.29 is 14.1 Å². The Morgan fingerprint density at radius 1 is 1.46 bits per heavy atom. The average molecular weight is 329 g/mol. The van der Waals surface area contributed by atoms with Crippen molar-refractivity contribution in [2.45, 2.75) is 46.1 Å². The molecule has 1 aromatic heterocycles. The van der Waals surface area contributed by atoms with Crippen molar-refractivity contribution in [3.63, 3.8) is 0 Å². The SMILES string of the molecule is CCc1nc(-c2ccc3c(c2)CC[C@H]3NC(=O)OCC(C)C)no1. The molecule has 0 saturated carbocycles. The molecule has 0 saturated heterocycles. The molecule has 0 bridgehead atoms. The Labute approximate surface area is 141 Å². The van der Waals surface area contributed by atoms with Gasteiger partial charge in [-0.3, -0.25) is 0 Å². The van der Waals surface area contributed by atoms with Crippen LogP contribution >= 0.6 is 0 Å². The molecule has 6 nitrogen and oxygen atoms in total. The molecule has 1 aromatic carbocycles. The second-order valence-corrected chi connectivity index (χ2v) is 6.51. The molecule has 1 amide bonds. The lowest BCUT2D eigenvalue weighted by Gasteiger charge is -2.15. The summed E-state index contributed by atoms with van der Waals surface area (Å²) in [5.41, 5.74) is 3.30. The van der Waals surface area contributed by atoms with Gasteiger partial charge in [0.05, 0.1) is 12.6 Å². The molecule has 0 unspecified atom stereocenters. The highest BCUT2D eigenvalue weighted by atomic mass is 16.5. The number of rotatable bonds is 5. The number of ether oxygens (including phenoxy) is 1. The van der Waals surface area contributed by atoms with Crippen molar-refractivity contribution in [3.05, 3.63) is 35.2 Å². The zero-order valence-corrected chi connectivity index (χ0v) is 14.3. The largest absolute Gasteiger partial charge is 0.449 e. The fraction of sp³-hybridized carbons (Fsp3) is 0.500. The second kappa shape index (κ2) is 7.03. The molecule has 0 fully saturated rings. The number of amides is 1. The van der Waals surface area contributed by atoms with E-state index >= 15 is 0 Å². The van der Waals surface area contributed by atoms with Gasteiger partial charge in [0.25, 0.3) is 0 Å². The van der Waals surface area contributed by atoms with Crippen molar-refractivity contribution in [1.82, 2.24) is 15.5 Å². The number of hydrogen-bond acceptors (Lipinski definition) is 5. The number of nitrogens with one attached hydrogen (secondary N) is 1. The summed E-state index contributed by atoms with van der Waals surface area (Å²) in [7, 11) is 0. The Hall–Kier alpha value is -2.37. The Morgan fingerprint density at radius 3 is 3.00 bits per heavy atom. The summed E-state index contributed by atoms with van der Waals surface area (Å²) in [5, 5.41) is 6.97. The van der Waals surface area contributed by atoms with Gasteiger partial charge in [0, 0.05) is 12.0 Å². The van der Waals surface area contributed by atoms with E-state index in [0.717, 1.165) is 30.4 Å². The molecule has 3 rings (SSSR count). The smallest absolute Gasteiger partial charge is 0.407 e. The molecular formula is C18H23N3O3. The van der Waals surface area contributed by atoms with Crippen LogP contribution < -0.4 is 5.32 Å². The third-order valence-corrected chi connectivity index (χ3v) is 4.09. The minimum Gasteiger partial charge on any atom is -0.449 e. The van der Waals surface area contributed by atoms with Crippen molar-refractivity contribution in [2.24, 2.45) is 5.92 Å². The van der Waals surface area contributed by atoms with Crippen LogP contribution in [0.2, 0.25) is 0 Å². The summed E-state index contributed by atoms with van der Waals surface area (Å²) in [6, 6.07) is 6.10. The van der Waals surface area contributed by atoms with Gasteiger partial charge in [-0.25, -0.2) is 4.79 Å². The van der Waals surface area contributed by atoms with Gasteiger partial charge >= 0.3 is 6.09 Å². The van der Waals surface area contributed by atoms with E-state index in [1.54, 1.807) is 0 Å². The van der Waals surface area contributed by atoms with Gasteiger partial charge in [-0.05, 0) is 36.0 Å². The van der Waals surface area contributed by atoms with E-state index in [4.69, 9.17) is 9.26 Å². The molecular weight excluding hydrogens is 306 g/mol. The summed E-state index contributed by atoms with van der Waals surface area (Å²) < 4.78 is 10.4. The molecule has 1 heterocycles. The maximum Gasteiger partial charge on any atom is 0.407 e. The van der Waals surface area contributed by atoms with E-state index in [1.807, 2.05) is 32.9 Å². The minimum atomic E-state index is -0.351. The summed E-state index contributed by atoms with van der Waals surface area (Å²) in [5.74, 6) is 1.58. The van der Waals surface area contributed by atoms with Crippen LogP contribution in [0.3, 0.4) is 0 Å². The lowest BCUT2D eigenvalue weighted by molar-refractivity contribution is 0.129. The summed E-state index contributed by atoms with van der Waals surface area (Å²) >= 11 is 0. The van der Waals surface area contributed by atoms with Gasteiger partial charge in [0.1, 0.15) is 0 Å². The fourth-order valence-corrected chi connectivity index (χ4v) is 2.85. The number of hydrogen-bond donors (Lipinski definition) is 1. The van der Waals surface area contributed by atoms with E-state index in [2.05, 4.69) is 21.5 Å². The van der Waals surface area contributed by atoms with Crippen LogP contribution in [0, 0.1) is 5.92 Å². The zero-order chi connectivity index (χ0) is 17.1. The molecule has 1 N–H and O–H groups in total. The van der Waals surface area contributed by atoms with E-state index in [1.165, 1.54) is 5.56 Å². The lowest BCUT2D eigenvalue weighted by Crippen LogP contribution is -2.28. The van der Waals surface area contributed by atoms with Gasteiger partial charge in [0.15, 0.2) is 0 Å². The topological polar surface area (TPSA) is 77.2 Å². The molecule has 2 aromatic rings. The third kappa shape index (κ3) is 3.58. The molecule has 1 aliphatic carbocycles. The van der Waals surface area contributed by atoms with Crippen LogP contribution in [0.1, 0.15) is 50.3 Å². The monoisotopic (exact) mass is 329 g/mol. The number of aromatic nitrogens is 2. The number of carbonyl (C=O) groups is 1. The third-order valence-electron chi connectivity index (χ3n) is 4.09. The van der Waals surface area contributed by atoms with Crippen LogP contribution in [0.15, 0.2) is 22.7 Å². The standard InChI is InChI=1S/C18H23N3O3/c1-4-16-20-17(21-24-16)13-5-7-14-12(9-13)6-8-15(14)19-18(22)23-10-11(2)3/h5,7,9,11,15H,4,6,8,10H2,1-3H3,(H,19,22)/t15-/m1/s1. The minimum absolute atomic E-state index is 0.00480. The second-order valence-electron chi connectivity index (χ2n) is 6.51. The number of carbonyl (C=O) groups excluding carboxylic acids is 1. The molecule has 24 heavy (non-hydrogen) atoms. The summed E-state index contributed by atoms with van der Waals surface area (Å²) in [4.78, 5) is 16.2. The molecule has 1 atom stereocenters. The Balaban J connectivity index is 1.70. The van der Waals surface area contributed by atoms with E-state index in [-0.39, 0.29) is 12.1 Å². The van der Waals surface area contributed by atoms with Crippen molar-refractivity contribution in [1.29, 1.82) is 0 Å². The highest BCUT2D eigenvalue weighted by Crippen LogP contribution is 2.33. The highest BCUT2D eigenvalue weighted by Gasteiger charge is 2.25. The first-order valence-electron chi connectivity index (χ1n) is 8.46.